The van der Waals surface area contributed by atoms with Gasteiger partial charge in [-0.2, -0.15) is 0 Å². The van der Waals surface area contributed by atoms with Crippen molar-refractivity contribution in [3.8, 4) is 0 Å². The van der Waals surface area contributed by atoms with Crippen LogP contribution >= 0.6 is 12.2 Å². The molecule has 0 unspecified atom stereocenters. The molecule has 1 aromatic carbocycles. The number of para-hydroxylation sites is 1. The van der Waals surface area contributed by atoms with E-state index in [1.165, 1.54) is 0 Å². The summed E-state index contributed by atoms with van der Waals surface area (Å²) in [7, 11) is -3.00. The first-order chi connectivity index (χ1) is 9.53. The number of anilines is 1. The van der Waals surface area contributed by atoms with Crippen LogP contribution in [-0.2, 0) is 9.84 Å². The number of nitrogens with zero attached hydrogens (tertiary/aromatic N) is 2. The smallest absolute Gasteiger partial charge is 0.177 e. The van der Waals surface area contributed by atoms with Crippen molar-refractivity contribution in [2.45, 2.75) is 12.1 Å². The minimum absolute atomic E-state index is 0.0642. The molecule has 0 N–H and O–H groups in total. The molecule has 2 fully saturated rings. The van der Waals surface area contributed by atoms with Crippen LogP contribution in [0.3, 0.4) is 0 Å². The molecule has 2 heterocycles. The fourth-order valence-electron chi connectivity index (χ4n) is 3.02. The van der Waals surface area contributed by atoms with E-state index in [1.54, 1.807) is 6.08 Å². The SMILES string of the molecule is C=CCN1C(=S)N(c2ccccc2)[C@@H]2CS(=O)(=O)C[C@H]21. The van der Waals surface area contributed by atoms with Gasteiger partial charge in [0.2, 0.25) is 0 Å². The summed E-state index contributed by atoms with van der Waals surface area (Å²) in [6.07, 6.45) is 1.77. The van der Waals surface area contributed by atoms with Crippen LogP contribution in [0.5, 0.6) is 0 Å². The summed E-state index contributed by atoms with van der Waals surface area (Å²) < 4.78 is 23.9. The van der Waals surface area contributed by atoms with Crippen molar-refractivity contribution in [3.63, 3.8) is 0 Å². The molecule has 2 saturated heterocycles. The fraction of sp³-hybridized carbons (Fsp3) is 0.357. The molecule has 1 aromatic rings. The lowest BCUT2D eigenvalue weighted by Gasteiger charge is -2.24. The monoisotopic (exact) mass is 308 g/mol. The minimum atomic E-state index is -3.00. The van der Waals surface area contributed by atoms with E-state index >= 15 is 0 Å². The van der Waals surface area contributed by atoms with Crippen molar-refractivity contribution in [3.05, 3.63) is 43.0 Å². The normalized spacial score (nSPS) is 27.7. The third kappa shape index (κ3) is 2.13. The molecule has 0 bridgehead atoms. The Bertz CT molecular complexity index is 642. The Labute approximate surface area is 124 Å². The minimum Gasteiger partial charge on any atom is -0.339 e. The summed E-state index contributed by atoms with van der Waals surface area (Å²) in [5, 5.41) is 0.695. The Balaban J connectivity index is 2.02. The van der Waals surface area contributed by atoms with E-state index in [0.717, 1.165) is 5.69 Å². The van der Waals surface area contributed by atoms with E-state index in [2.05, 4.69) is 6.58 Å². The van der Waals surface area contributed by atoms with E-state index in [4.69, 9.17) is 12.2 Å². The second-order valence-corrected chi connectivity index (χ2v) is 7.66. The Morgan fingerprint density at radius 3 is 2.55 bits per heavy atom. The number of fused-ring (bicyclic) bond motifs is 1. The lowest BCUT2D eigenvalue weighted by atomic mass is 10.1. The Kier molecular flexibility index (Phi) is 3.30. The van der Waals surface area contributed by atoms with Crippen molar-refractivity contribution < 1.29 is 8.42 Å². The number of rotatable bonds is 3. The highest BCUT2D eigenvalue weighted by molar-refractivity contribution is 7.91. The molecule has 2 aliphatic rings. The number of sulfone groups is 1. The quantitative estimate of drug-likeness (QED) is 0.624. The predicted molar refractivity (Wildman–Crippen MR) is 84.7 cm³/mol. The largest absolute Gasteiger partial charge is 0.339 e. The van der Waals surface area contributed by atoms with E-state index in [1.807, 2.05) is 40.1 Å². The van der Waals surface area contributed by atoms with Gasteiger partial charge in [-0.1, -0.05) is 24.3 Å². The molecule has 0 radical (unpaired) electrons. The second-order valence-electron chi connectivity index (χ2n) is 5.14. The van der Waals surface area contributed by atoms with Gasteiger partial charge in [0.25, 0.3) is 0 Å². The van der Waals surface area contributed by atoms with Crippen molar-refractivity contribution >= 4 is 32.9 Å². The van der Waals surface area contributed by atoms with Crippen molar-refractivity contribution in [1.29, 1.82) is 0 Å². The highest BCUT2D eigenvalue weighted by Gasteiger charge is 2.51. The number of hydrogen-bond acceptors (Lipinski definition) is 3. The molecular formula is C14H16N2O2S2. The molecule has 0 saturated carbocycles. The maximum atomic E-state index is 12.0. The summed E-state index contributed by atoms with van der Waals surface area (Å²) in [6, 6.07) is 9.59. The van der Waals surface area contributed by atoms with Gasteiger partial charge in [-0.15, -0.1) is 6.58 Å². The molecule has 4 nitrogen and oxygen atoms in total. The van der Waals surface area contributed by atoms with E-state index < -0.39 is 9.84 Å². The van der Waals surface area contributed by atoms with Gasteiger partial charge in [-0.3, -0.25) is 0 Å². The number of thiocarbonyl (C=S) groups is 1. The van der Waals surface area contributed by atoms with Gasteiger partial charge >= 0.3 is 0 Å². The first kappa shape index (κ1) is 13.6. The van der Waals surface area contributed by atoms with Crippen LogP contribution in [0, 0.1) is 0 Å². The van der Waals surface area contributed by atoms with Crippen LogP contribution in [-0.4, -0.2) is 48.6 Å². The van der Waals surface area contributed by atoms with Gasteiger partial charge < -0.3 is 9.80 Å². The standard InChI is InChI=1S/C14H16N2O2S2/c1-2-8-15-12-9-20(17,18)10-13(12)16(14(15)19)11-6-4-3-5-7-11/h2-7,12-13H,1,8-10H2/t12-,13-/m1/s1. The van der Waals surface area contributed by atoms with Gasteiger partial charge in [0.05, 0.1) is 23.6 Å². The zero-order chi connectivity index (χ0) is 14.3. The summed E-state index contributed by atoms with van der Waals surface area (Å²) in [5.41, 5.74) is 0.955. The van der Waals surface area contributed by atoms with Crippen LogP contribution < -0.4 is 4.90 Å². The molecular weight excluding hydrogens is 292 g/mol. The summed E-state index contributed by atoms with van der Waals surface area (Å²) in [4.78, 5) is 3.96. The highest BCUT2D eigenvalue weighted by Crippen LogP contribution is 2.34. The van der Waals surface area contributed by atoms with Gasteiger partial charge in [-0.25, -0.2) is 8.42 Å². The molecule has 6 heteroatoms. The molecule has 20 heavy (non-hydrogen) atoms. The van der Waals surface area contributed by atoms with E-state index in [0.29, 0.717) is 11.7 Å². The van der Waals surface area contributed by atoms with Crippen LogP contribution in [0.4, 0.5) is 5.69 Å². The van der Waals surface area contributed by atoms with Crippen LogP contribution in [0.25, 0.3) is 0 Å². The topological polar surface area (TPSA) is 40.6 Å². The summed E-state index contributed by atoms with van der Waals surface area (Å²) in [5.74, 6) is 0.343. The molecule has 0 aliphatic carbocycles. The molecule has 2 aliphatic heterocycles. The second kappa shape index (κ2) is 4.86. The van der Waals surface area contributed by atoms with Crippen molar-refractivity contribution in [2.24, 2.45) is 0 Å². The number of hydrogen-bond donors (Lipinski definition) is 0. The molecule has 0 aromatic heterocycles. The van der Waals surface area contributed by atoms with Gasteiger partial charge in [0.15, 0.2) is 14.9 Å². The Morgan fingerprint density at radius 1 is 1.25 bits per heavy atom. The zero-order valence-corrected chi connectivity index (χ0v) is 12.6. The van der Waals surface area contributed by atoms with Crippen LogP contribution in [0.2, 0.25) is 0 Å². The van der Waals surface area contributed by atoms with Gasteiger partial charge in [-0.05, 0) is 24.4 Å². The first-order valence-electron chi connectivity index (χ1n) is 6.50. The lowest BCUT2D eigenvalue weighted by Crippen LogP contribution is -2.37. The van der Waals surface area contributed by atoms with E-state index in [-0.39, 0.29) is 23.6 Å². The highest BCUT2D eigenvalue weighted by atomic mass is 32.2. The number of benzene rings is 1. The Morgan fingerprint density at radius 2 is 1.90 bits per heavy atom. The molecule has 3 rings (SSSR count). The van der Waals surface area contributed by atoms with Crippen LogP contribution in [0.1, 0.15) is 0 Å². The third-order valence-corrected chi connectivity index (χ3v) is 5.97. The van der Waals surface area contributed by atoms with Crippen molar-refractivity contribution in [1.82, 2.24) is 4.90 Å². The average Bonchev–Trinajstić information content (AvgIpc) is 2.83. The van der Waals surface area contributed by atoms with E-state index in [9.17, 15) is 8.42 Å². The average molecular weight is 308 g/mol. The molecule has 0 spiro atoms. The predicted octanol–water partition coefficient (Wildman–Crippen LogP) is 1.45. The molecule has 106 valence electrons. The lowest BCUT2D eigenvalue weighted by molar-refractivity contribution is 0.389. The first-order valence-corrected chi connectivity index (χ1v) is 8.72. The third-order valence-electron chi connectivity index (χ3n) is 3.84. The maximum Gasteiger partial charge on any atom is 0.177 e. The molecule has 0 amide bonds. The zero-order valence-electron chi connectivity index (χ0n) is 11.0. The van der Waals surface area contributed by atoms with Crippen molar-refractivity contribution in [2.75, 3.05) is 23.0 Å². The van der Waals surface area contributed by atoms with Gasteiger partial charge in [0.1, 0.15) is 0 Å². The fourth-order valence-corrected chi connectivity index (χ4v) is 5.42. The Hall–Kier alpha value is -1.40. The maximum absolute atomic E-state index is 12.0. The molecule has 2 atom stereocenters. The van der Waals surface area contributed by atoms with Crippen LogP contribution in [0.15, 0.2) is 43.0 Å². The summed E-state index contributed by atoms with van der Waals surface area (Å²) >= 11 is 5.55. The summed E-state index contributed by atoms with van der Waals surface area (Å²) in [6.45, 7) is 4.32. The van der Waals surface area contributed by atoms with Gasteiger partial charge in [0, 0.05) is 12.2 Å².